The minimum atomic E-state index is -0.984. The second-order valence-corrected chi connectivity index (χ2v) is 7.81. The fourth-order valence-electron chi connectivity index (χ4n) is 3.91. The first-order valence-electron chi connectivity index (χ1n) is 10.3. The van der Waals surface area contributed by atoms with E-state index in [1.807, 2.05) is 6.92 Å². The summed E-state index contributed by atoms with van der Waals surface area (Å²) < 4.78 is 11.1. The van der Waals surface area contributed by atoms with Crippen LogP contribution in [0.25, 0.3) is 0 Å². The highest BCUT2D eigenvalue weighted by atomic mass is 16.5. The number of ether oxygens (including phenoxy) is 2. The minimum absolute atomic E-state index is 0.0711. The molecule has 0 aliphatic heterocycles. The Kier molecular flexibility index (Phi) is 7.98. The summed E-state index contributed by atoms with van der Waals surface area (Å²) in [7, 11) is 0. The molecular formula is C24H30O6. The molecule has 6 heteroatoms. The number of aryl methyl sites for hydroxylation is 1. The van der Waals surface area contributed by atoms with Gasteiger partial charge in [-0.1, -0.05) is 31.6 Å². The highest BCUT2D eigenvalue weighted by Crippen LogP contribution is 2.47. The lowest BCUT2D eigenvalue weighted by Crippen LogP contribution is -2.22. The summed E-state index contributed by atoms with van der Waals surface area (Å²) in [5, 5.41) is 9.54. The third-order valence-electron chi connectivity index (χ3n) is 5.27. The summed E-state index contributed by atoms with van der Waals surface area (Å²) in [6, 6.07) is 3.58. The first kappa shape index (κ1) is 23.4. The van der Waals surface area contributed by atoms with Gasteiger partial charge in [0.25, 0.3) is 0 Å². The van der Waals surface area contributed by atoms with Crippen LogP contribution in [-0.2, 0) is 20.8 Å². The Balaban J connectivity index is 2.75. The van der Waals surface area contributed by atoms with Crippen molar-refractivity contribution in [2.24, 2.45) is 5.92 Å². The number of benzene rings is 1. The molecule has 0 spiro atoms. The molecule has 0 saturated carbocycles. The lowest BCUT2D eigenvalue weighted by Gasteiger charge is -2.32. The van der Waals surface area contributed by atoms with Crippen molar-refractivity contribution in [2.75, 3.05) is 0 Å². The van der Waals surface area contributed by atoms with Gasteiger partial charge in [-0.15, -0.1) is 0 Å². The number of carboxylic acid groups (broad SMARTS) is 1. The zero-order valence-corrected chi connectivity index (χ0v) is 18.1. The third kappa shape index (κ3) is 5.81. The number of carbonyl (C=O) groups is 3. The van der Waals surface area contributed by atoms with Crippen molar-refractivity contribution in [3.05, 3.63) is 47.1 Å². The maximum Gasteiger partial charge on any atom is 0.331 e. The van der Waals surface area contributed by atoms with Gasteiger partial charge in [-0.3, -0.25) is 9.59 Å². The van der Waals surface area contributed by atoms with Crippen molar-refractivity contribution in [1.29, 1.82) is 0 Å². The van der Waals surface area contributed by atoms with Gasteiger partial charge in [0.1, 0.15) is 11.5 Å². The Labute approximate surface area is 177 Å². The van der Waals surface area contributed by atoms with E-state index in [0.29, 0.717) is 29.9 Å². The van der Waals surface area contributed by atoms with Gasteiger partial charge in [0.05, 0.1) is 0 Å². The van der Waals surface area contributed by atoms with E-state index in [9.17, 15) is 19.5 Å². The first-order chi connectivity index (χ1) is 14.1. The Morgan fingerprint density at radius 1 is 1.10 bits per heavy atom. The van der Waals surface area contributed by atoms with Gasteiger partial charge in [0, 0.05) is 30.9 Å². The summed E-state index contributed by atoms with van der Waals surface area (Å²) in [6.45, 7) is 10.7. The van der Waals surface area contributed by atoms with Crippen LogP contribution in [0, 0.1) is 5.92 Å². The van der Waals surface area contributed by atoms with Crippen LogP contribution < -0.4 is 9.47 Å². The summed E-state index contributed by atoms with van der Waals surface area (Å²) in [5.41, 5.74) is 2.57. The van der Waals surface area contributed by atoms with Gasteiger partial charge in [0.2, 0.25) is 0 Å². The molecule has 0 bridgehead atoms. The van der Waals surface area contributed by atoms with Gasteiger partial charge in [-0.25, -0.2) is 4.79 Å². The summed E-state index contributed by atoms with van der Waals surface area (Å²) in [6.07, 6.45) is 5.34. The van der Waals surface area contributed by atoms with E-state index in [2.05, 4.69) is 13.5 Å². The van der Waals surface area contributed by atoms with Gasteiger partial charge < -0.3 is 14.6 Å². The zero-order chi connectivity index (χ0) is 22.4. The van der Waals surface area contributed by atoms with Crippen LogP contribution in [0.3, 0.4) is 0 Å². The monoisotopic (exact) mass is 414 g/mol. The lowest BCUT2D eigenvalue weighted by molar-refractivity contribution is -0.134. The number of hydrogen-bond donors (Lipinski definition) is 1. The van der Waals surface area contributed by atoms with Crippen molar-refractivity contribution < 1.29 is 29.0 Å². The molecule has 0 fully saturated rings. The van der Waals surface area contributed by atoms with Crippen molar-refractivity contribution in [3.8, 4) is 11.5 Å². The fourth-order valence-corrected chi connectivity index (χ4v) is 3.91. The average molecular weight is 414 g/mol. The van der Waals surface area contributed by atoms with Crippen molar-refractivity contribution >= 4 is 17.9 Å². The number of allylic oxidation sites excluding steroid dienone is 2. The van der Waals surface area contributed by atoms with E-state index in [4.69, 9.17) is 9.47 Å². The fraction of sp³-hybridized carbons (Fsp3) is 0.458. The predicted molar refractivity (Wildman–Crippen MR) is 114 cm³/mol. The molecule has 1 aliphatic carbocycles. The number of carbonyl (C=O) groups excluding carboxylic acids is 2. The number of hydrogen-bond acceptors (Lipinski definition) is 5. The highest BCUT2D eigenvalue weighted by Gasteiger charge is 2.34. The summed E-state index contributed by atoms with van der Waals surface area (Å²) >= 11 is 0. The Morgan fingerprint density at radius 3 is 2.10 bits per heavy atom. The third-order valence-corrected chi connectivity index (χ3v) is 5.27. The van der Waals surface area contributed by atoms with Crippen LogP contribution >= 0.6 is 0 Å². The molecule has 30 heavy (non-hydrogen) atoms. The van der Waals surface area contributed by atoms with Crippen LogP contribution in [0.4, 0.5) is 0 Å². The summed E-state index contributed by atoms with van der Waals surface area (Å²) in [5.74, 6) is -1.89. The molecule has 0 radical (unpaired) electrons. The number of esters is 2. The average Bonchev–Trinajstić information content (AvgIpc) is 2.64. The maximum atomic E-state index is 11.8. The highest BCUT2D eigenvalue weighted by molar-refractivity contribution is 5.87. The minimum Gasteiger partial charge on any atom is -0.478 e. The predicted octanol–water partition coefficient (Wildman–Crippen LogP) is 4.96. The Bertz CT molecular complexity index is 843. The molecule has 1 N–H and O–H groups in total. The molecule has 0 unspecified atom stereocenters. The quantitative estimate of drug-likeness (QED) is 0.367. The van der Waals surface area contributed by atoms with Crippen LogP contribution in [0.15, 0.2) is 35.9 Å². The smallest absolute Gasteiger partial charge is 0.331 e. The van der Waals surface area contributed by atoms with Gasteiger partial charge in [0.15, 0.2) is 0 Å². The normalized spacial score (nSPS) is 18.3. The number of carboxylic acids is 1. The molecule has 0 amide bonds. The number of aliphatic carboxylic acids is 1. The molecule has 0 saturated heterocycles. The van der Waals surface area contributed by atoms with Crippen molar-refractivity contribution in [1.82, 2.24) is 0 Å². The molecule has 0 heterocycles. The molecule has 1 aliphatic rings. The van der Waals surface area contributed by atoms with Crippen LogP contribution in [-0.4, -0.2) is 23.0 Å². The maximum absolute atomic E-state index is 11.8. The molecule has 1 aromatic carbocycles. The molecule has 2 rings (SSSR count). The molecule has 1 aromatic rings. The molecular weight excluding hydrogens is 384 g/mol. The van der Waals surface area contributed by atoms with Gasteiger partial charge in [-0.05, 0) is 56.2 Å². The summed E-state index contributed by atoms with van der Waals surface area (Å²) in [4.78, 5) is 35.3. The van der Waals surface area contributed by atoms with Crippen LogP contribution in [0.2, 0.25) is 0 Å². The van der Waals surface area contributed by atoms with Gasteiger partial charge in [-0.2, -0.15) is 0 Å². The van der Waals surface area contributed by atoms with Crippen LogP contribution in [0.1, 0.15) is 70.4 Å². The molecule has 0 aromatic heterocycles. The van der Waals surface area contributed by atoms with Crippen LogP contribution in [0.5, 0.6) is 11.5 Å². The molecule has 162 valence electrons. The standard InChI is InChI=1S/C24H30O6/c1-6-7-8-17-11-21(29-15(4)25)23(22(12-17)30-16(5)26)20-13-18(24(27)28)9-10-19(20)14(2)3/h11-13,19-20H,2,6-10H2,1,3-5H3,(H,27,28)/t19-,20+/m0/s1. The zero-order valence-electron chi connectivity index (χ0n) is 18.1. The first-order valence-corrected chi connectivity index (χ1v) is 10.3. The molecule has 6 nitrogen and oxygen atoms in total. The van der Waals surface area contributed by atoms with E-state index in [-0.39, 0.29) is 11.5 Å². The lowest BCUT2D eigenvalue weighted by atomic mass is 9.73. The van der Waals surface area contributed by atoms with Crippen molar-refractivity contribution in [2.45, 2.75) is 65.7 Å². The van der Waals surface area contributed by atoms with E-state index in [0.717, 1.165) is 30.4 Å². The van der Waals surface area contributed by atoms with Crippen molar-refractivity contribution in [3.63, 3.8) is 0 Å². The van der Waals surface area contributed by atoms with E-state index < -0.39 is 23.8 Å². The SMILES string of the molecule is C=C(C)[C@@H]1CCC(C(=O)O)=C[C@H]1c1c(OC(C)=O)cc(CCCC)cc1OC(C)=O. The largest absolute Gasteiger partial charge is 0.478 e. The van der Waals surface area contributed by atoms with Gasteiger partial charge >= 0.3 is 17.9 Å². The number of unbranched alkanes of at least 4 members (excludes halogenated alkanes) is 1. The topological polar surface area (TPSA) is 89.9 Å². The van der Waals surface area contributed by atoms with E-state index in [1.165, 1.54) is 13.8 Å². The van der Waals surface area contributed by atoms with E-state index >= 15 is 0 Å². The Hall–Kier alpha value is -2.89. The Morgan fingerprint density at radius 2 is 1.67 bits per heavy atom. The second kappa shape index (κ2) is 10.2. The molecule has 2 atom stereocenters. The second-order valence-electron chi connectivity index (χ2n) is 7.81. The van der Waals surface area contributed by atoms with E-state index in [1.54, 1.807) is 18.2 Å². The number of rotatable bonds is 8.